The minimum Gasteiger partial charge on any atom is -0.399 e. The number of nitrogen functional groups attached to an aromatic ring is 2. The Kier molecular flexibility index (Phi) is 2.68. The summed E-state index contributed by atoms with van der Waals surface area (Å²) >= 11 is 0. The molecule has 0 aliphatic carbocycles. The van der Waals surface area contributed by atoms with Gasteiger partial charge in [0.25, 0.3) is 0 Å². The average Bonchev–Trinajstić information content (AvgIpc) is 2.86. The van der Waals surface area contributed by atoms with Crippen LogP contribution < -0.4 is 11.5 Å². The van der Waals surface area contributed by atoms with Crippen molar-refractivity contribution in [1.82, 2.24) is 10.2 Å². The Morgan fingerprint density at radius 2 is 1.58 bits per heavy atom. The second kappa shape index (κ2) is 4.49. The number of H-pyrrole nitrogens is 1. The maximum atomic E-state index is 5.85. The summed E-state index contributed by atoms with van der Waals surface area (Å²) in [6.07, 6.45) is 1.73. The first-order valence-corrected chi connectivity index (χ1v) is 5.99. The molecule has 4 nitrogen and oxygen atoms in total. The minimum atomic E-state index is 0.578. The van der Waals surface area contributed by atoms with Crippen molar-refractivity contribution in [2.45, 2.75) is 0 Å². The van der Waals surface area contributed by atoms with Crippen molar-refractivity contribution in [1.29, 1.82) is 0 Å². The lowest BCUT2D eigenvalue weighted by atomic mass is 10.0. The third-order valence-corrected chi connectivity index (χ3v) is 3.09. The Morgan fingerprint density at radius 1 is 0.842 bits per heavy atom. The summed E-state index contributed by atoms with van der Waals surface area (Å²) in [4.78, 5) is 0. The molecule has 19 heavy (non-hydrogen) atoms. The monoisotopic (exact) mass is 250 g/mol. The Labute approximate surface area is 111 Å². The van der Waals surface area contributed by atoms with E-state index in [1.54, 1.807) is 6.20 Å². The molecular weight excluding hydrogens is 236 g/mol. The Morgan fingerprint density at radius 3 is 2.26 bits per heavy atom. The molecule has 5 N–H and O–H groups in total. The van der Waals surface area contributed by atoms with Gasteiger partial charge in [-0.2, -0.15) is 5.10 Å². The van der Waals surface area contributed by atoms with Crippen molar-refractivity contribution in [3.63, 3.8) is 0 Å². The maximum absolute atomic E-state index is 5.85. The maximum Gasteiger partial charge on any atom is 0.126 e. The molecule has 0 radical (unpaired) electrons. The fourth-order valence-electron chi connectivity index (χ4n) is 2.07. The van der Waals surface area contributed by atoms with Crippen LogP contribution in [0.15, 0.2) is 54.7 Å². The second-order valence-corrected chi connectivity index (χ2v) is 4.40. The molecule has 0 amide bonds. The van der Waals surface area contributed by atoms with Crippen LogP contribution in [0.5, 0.6) is 0 Å². The number of aromatic amines is 1. The molecule has 4 heteroatoms. The van der Waals surface area contributed by atoms with Gasteiger partial charge in [0.1, 0.15) is 5.82 Å². The van der Waals surface area contributed by atoms with E-state index in [-0.39, 0.29) is 0 Å². The summed E-state index contributed by atoms with van der Waals surface area (Å²) in [5, 5.41) is 6.69. The number of rotatable bonds is 2. The molecule has 0 aliphatic rings. The molecule has 1 aromatic heterocycles. The summed E-state index contributed by atoms with van der Waals surface area (Å²) < 4.78 is 0. The van der Waals surface area contributed by atoms with Gasteiger partial charge in [-0.15, -0.1) is 0 Å². The first-order valence-electron chi connectivity index (χ1n) is 5.99. The number of nitrogens with two attached hydrogens (primary N) is 2. The molecule has 94 valence electrons. The smallest absolute Gasteiger partial charge is 0.126 e. The Bertz CT molecular complexity index is 698. The molecule has 0 fully saturated rings. The molecule has 2 aromatic carbocycles. The quantitative estimate of drug-likeness (QED) is 0.612. The molecule has 0 atom stereocenters. The van der Waals surface area contributed by atoms with Gasteiger partial charge in [-0.3, -0.25) is 5.10 Å². The number of benzene rings is 2. The minimum absolute atomic E-state index is 0.578. The van der Waals surface area contributed by atoms with Gasteiger partial charge in [0.2, 0.25) is 0 Å². The van der Waals surface area contributed by atoms with Crippen molar-refractivity contribution >= 4 is 11.5 Å². The third-order valence-electron chi connectivity index (χ3n) is 3.09. The van der Waals surface area contributed by atoms with Gasteiger partial charge in [-0.1, -0.05) is 30.3 Å². The zero-order valence-electron chi connectivity index (χ0n) is 10.3. The van der Waals surface area contributed by atoms with Crippen LogP contribution in [0, 0.1) is 0 Å². The van der Waals surface area contributed by atoms with E-state index in [0.717, 1.165) is 27.9 Å². The van der Waals surface area contributed by atoms with Crippen molar-refractivity contribution in [3.8, 4) is 22.3 Å². The summed E-state index contributed by atoms with van der Waals surface area (Å²) in [5.74, 6) is 0.578. The summed E-state index contributed by atoms with van der Waals surface area (Å²) in [6, 6.07) is 16.0. The second-order valence-electron chi connectivity index (χ2n) is 4.40. The van der Waals surface area contributed by atoms with Gasteiger partial charge in [0.15, 0.2) is 0 Å². The zero-order chi connectivity index (χ0) is 13.2. The van der Waals surface area contributed by atoms with Gasteiger partial charge in [0, 0.05) is 11.3 Å². The first kappa shape index (κ1) is 11.3. The van der Waals surface area contributed by atoms with E-state index in [0.29, 0.717) is 5.82 Å². The number of aromatic nitrogens is 2. The van der Waals surface area contributed by atoms with E-state index < -0.39 is 0 Å². The molecule has 3 aromatic rings. The number of nitrogens with one attached hydrogen (secondary N) is 1. The summed E-state index contributed by atoms with van der Waals surface area (Å²) in [6.45, 7) is 0. The van der Waals surface area contributed by atoms with Gasteiger partial charge >= 0.3 is 0 Å². The lowest BCUT2D eigenvalue weighted by Crippen LogP contribution is -1.88. The highest BCUT2D eigenvalue weighted by Crippen LogP contribution is 2.28. The lowest BCUT2D eigenvalue weighted by Gasteiger charge is -2.05. The molecule has 3 rings (SSSR count). The van der Waals surface area contributed by atoms with Gasteiger partial charge in [-0.05, 0) is 34.9 Å². The Hall–Kier alpha value is -2.75. The van der Waals surface area contributed by atoms with E-state index in [1.165, 1.54) is 0 Å². The number of nitrogens with zero attached hydrogens (tertiary/aromatic N) is 1. The highest BCUT2D eigenvalue weighted by molar-refractivity contribution is 5.78. The molecule has 0 saturated heterocycles. The van der Waals surface area contributed by atoms with E-state index in [9.17, 15) is 0 Å². The molecule has 1 heterocycles. The molecule has 0 spiro atoms. The van der Waals surface area contributed by atoms with Crippen LogP contribution in [0.25, 0.3) is 22.3 Å². The Balaban J connectivity index is 2.05. The highest BCUT2D eigenvalue weighted by atomic mass is 15.1. The normalized spacial score (nSPS) is 10.5. The predicted octanol–water partition coefficient (Wildman–Crippen LogP) is 2.91. The summed E-state index contributed by atoms with van der Waals surface area (Å²) in [7, 11) is 0. The molecule has 0 bridgehead atoms. The van der Waals surface area contributed by atoms with Crippen LogP contribution in [0.3, 0.4) is 0 Å². The largest absolute Gasteiger partial charge is 0.399 e. The van der Waals surface area contributed by atoms with E-state index >= 15 is 0 Å². The van der Waals surface area contributed by atoms with Crippen molar-refractivity contribution in [3.05, 3.63) is 54.7 Å². The van der Waals surface area contributed by atoms with Gasteiger partial charge < -0.3 is 11.5 Å². The van der Waals surface area contributed by atoms with Crippen LogP contribution in [-0.2, 0) is 0 Å². The molecule has 0 unspecified atom stereocenters. The van der Waals surface area contributed by atoms with Crippen LogP contribution in [-0.4, -0.2) is 10.2 Å². The van der Waals surface area contributed by atoms with Crippen molar-refractivity contribution in [2.75, 3.05) is 11.5 Å². The molecule has 0 saturated carbocycles. The van der Waals surface area contributed by atoms with Crippen LogP contribution >= 0.6 is 0 Å². The average molecular weight is 250 g/mol. The zero-order valence-corrected chi connectivity index (χ0v) is 10.3. The molecular formula is C15H14N4. The number of hydrogen-bond donors (Lipinski definition) is 3. The topological polar surface area (TPSA) is 80.7 Å². The van der Waals surface area contributed by atoms with Crippen molar-refractivity contribution < 1.29 is 0 Å². The number of anilines is 2. The van der Waals surface area contributed by atoms with Gasteiger partial charge in [0.05, 0.1) is 6.20 Å². The van der Waals surface area contributed by atoms with E-state index in [1.807, 2.05) is 36.4 Å². The molecule has 0 aliphatic heterocycles. The van der Waals surface area contributed by atoms with Gasteiger partial charge in [-0.25, -0.2) is 0 Å². The highest BCUT2D eigenvalue weighted by Gasteiger charge is 2.06. The lowest BCUT2D eigenvalue weighted by molar-refractivity contribution is 1.10. The van der Waals surface area contributed by atoms with Crippen molar-refractivity contribution in [2.24, 2.45) is 0 Å². The predicted molar refractivity (Wildman–Crippen MR) is 78.3 cm³/mol. The third kappa shape index (κ3) is 2.15. The fraction of sp³-hybridized carbons (Fsp3) is 0. The van der Waals surface area contributed by atoms with E-state index in [2.05, 4.69) is 22.3 Å². The number of hydrogen-bond acceptors (Lipinski definition) is 3. The fourth-order valence-corrected chi connectivity index (χ4v) is 2.07. The SMILES string of the molecule is Nc1ccc(-c2cccc(-c3cn[nH]c3N)c2)cc1. The first-order chi connectivity index (χ1) is 9.24. The van der Waals surface area contributed by atoms with Crippen LogP contribution in [0.4, 0.5) is 11.5 Å². The summed E-state index contributed by atoms with van der Waals surface area (Å²) in [5.41, 5.74) is 16.5. The van der Waals surface area contributed by atoms with Crippen LogP contribution in [0.1, 0.15) is 0 Å². The van der Waals surface area contributed by atoms with E-state index in [4.69, 9.17) is 11.5 Å². The van der Waals surface area contributed by atoms with Crippen LogP contribution in [0.2, 0.25) is 0 Å². The standard InChI is InChI=1S/C15H14N4/c16-13-6-4-10(5-7-13)11-2-1-3-12(8-11)14-9-18-19-15(14)17/h1-9H,16H2,(H3,17,18,19).